The number of aromatic nitrogens is 3. The minimum absolute atomic E-state index is 0. The number of nitrogens with zero attached hydrogens (tertiary/aromatic N) is 3. The van der Waals surface area contributed by atoms with Crippen LogP contribution in [0, 0.1) is 5.92 Å². The third-order valence-electron chi connectivity index (χ3n) is 5.46. The molecule has 1 aliphatic carbocycles. The van der Waals surface area contributed by atoms with Gasteiger partial charge < -0.3 is 10.6 Å². The summed E-state index contributed by atoms with van der Waals surface area (Å²) in [6.07, 6.45) is 7.02. The molecule has 1 fully saturated rings. The maximum Gasteiger partial charge on any atom is 0.257 e. The van der Waals surface area contributed by atoms with E-state index in [9.17, 15) is 9.59 Å². The van der Waals surface area contributed by atoms with Gasteiger partial charge in [0.2, 0.25) is 5.91 Å². The van der Waals surface area contributed by atoms with E-state index in [1.54, 1.807) is 35.4 Å². The zero-order chi connectivity index (χ0) is 22.1. The number of carbonyl (C=O) groups is 2. The van der Waals surface area contributed by atoms with E-state index in [2.05, 4.69) is 20.7 Å². The second-order valence-corrected chi connectivity index (χ2v) is 8.17. The fourth-order valence-electron chi connectivity index (χ4n) is 3.58. The molecule has 2 aromatic carbocycles. The Morgan fingerprint density at radius 3 is 2.64 bits per heavy atom. The molecule has 5 rings (SSSR count). The van der Waals surface area contributed by atoms with Crippen LogP contribution >= 0.6 is 24.0 Å². The van der Waals surface area contributed by atoms with E-state index >= 15 is 0 Å². The molecule has 7 nitrogen and oxygen atoms in total. The smallest absolute Gasteiger partial charge is 0.257 e. The van der Waals surface area contributed by atoms with Gasteiger partial charge in [-0.2, -0.15) is 5.10 Å². The highest BCUT2D eigenvalue weighted by Gasteiger charge is 2.29. The maximum absolute atomic E-state index is 13.0. The Balaban J connectivity index is 0.00000259. The van der Waals surface area contributed by atoms with Crippen LogP contribution in [-0.2, 0) is 11.3 Å². The van der Waals surface area contributed by atoms with E-state index in [1.807, 2.05) is 36.4 Å². The van der Waals surface area contributed by atoms with Gasteiger partial charge in [-0.05, 0) is 54.8 Å². The number of anilines is 1. The predicted molar refractivity (Wildman–Crippen MR) is 130 cm³/mol. The van der Waals surface area contributed by atoms with Crippen LogP contribution in [-0.4, -0.2) is 26.6 Å². The van der Waals surface area contributed by atoms with Crippen molar-refractivity contribution in [2.75, 3.05) is 5.32 Å². The molecule has 0 atom stereocenters. The highest BCUT2D eigenvalue weighted by atomic mass is 35.5. The first-order valence-corrected chi connectivity index (χ1v) is 10.7. The van der Waals surface area contributed by atoms with E-state index < -0.39 is 0 Å². The van der Waals surface area contributed by atoms with Crippen molar-refractivity contribution in [1.29, 1.82) is 0 Å². The van der Waals surface area contributed by atoms with Gasteiger partial charge in [0.05, 0.1) is 33.7 Å². The van der Waals surface area contributed by atoms with Gasteiger partial charge in [-0.1, -0.05) is 23.7 Å². The molecule has 1 saturated carbocycles. The van der Waals surface area contributed by atoms with E-state index in [0.29, 0.717) is 22.8 Å². The van der Waals surface area contributed by atoms with Gasteiger partial charge in [0.25, 0.3) is 5.91 Å². The van der Waals surface area contributed by atoms with Crippen LogP contribution in [0.5, 0.6) is 0 Å². The number of halogens is 2. The number of hydrogen-bond donors (Lipinski definition) is 2. The van der Waals surface area contributed by atoms with Crippen molar-refractivity contribution in [3.05, 3.63) is 83.3 Å². The molecule has 9 heteroatoms. The summed E-state index contributed by atoms with van der Waals surface area (Å²) in [7, 11) is 0. The van der Waals surface area contributed by atoms with Gasteiger partial charge in [-0.3, -0.25) is 14.6 Å². The number of carbonyl (C=O) groups excluding carboxylic acids is 2. The third-order valence-corrected chi connectivity index (χ3v) is 5.79. The monoisotopic (exact) mass is 481 g/mol. The molecule has 0 aliphatic heterocycles. The summed E-state index contributed by atoms with van der Waals surface area (Å²) in [6, 6.07) is 14.6. The van der Waals surface area contributed by atoms with Gasteiger partial charge in [-0.15, -0.1) is 12.4 Å². The molecule has 2 amide bonds. The molecule has 0 spiro atoms. The van der Waals surface area contributed by atoms with Gasteiger partial charge in [0.15, 0.2) is 0 Å². The second-order valence-electron chi connectivity index (χ2n) is 7.76. The zero-order valence-corrected chi connectivity index (χ0v) is 19.1. The van der Waals surface area contributed by atoms with E-state index in [-0.39, 0.29) is 30.1 Å². The van der Waals surface area contributed by atoms with Crippen LogP contribution < -0.4 is 10.6 Å². The molecule has 1 aliphatic rings. The number of pyridine rings is 1. The van der Waals surface area contributed by atoms with Gasteiger partial charge in [-0.25, -0.2) is 4.68 Å². The Kier molecular flexibility index (Phi) is 6.62. The third kappa shape index (κ3) is 4.84. The van der Waals surface area contributed by atoms with Crippen LogP contribution in [0.25, 0.3) is 16.6 Å². The minimum Gasteiger partial charge on any atom is -0.352 e. The lowest BCUT2D eigenvalue weighted by molar-refractivity contribution is -0.122. The lowest BCUT2D eigenvalue weighted by Crippen LogP contribution is -2.24. The topological polar surface area (TPSA) is 88.9 Å². The highest BCUT2D eigenvalue weighted by Crippen LogP contribution is 2.29. The summed E-state index contributed by atoms with van der Waals surface area (Å²) in [6.45, 7) is 0.362. The Labute approximate surface area is 201 Å². The molecule has 4 aromatic rings. The van der Waals surface area contributed by atoms with Crippen molar-refractivity contribution >= 4 is 52.4 Å². The molecule has 168 valence electrons. The molecule has 2 heterocycles. The molecule has 0 saturated heterocycles. The largest absolute Gasteiger partial charge is 0.352 e. The normalized spacial score (nSPS) is 12.8. The molecule has 2 aromatic heterocycles. The van der Waals surface area contributed by atoms with Crippen molar-refractivity contribution in [2.45, 2.75) is 19.4 Å². The first-order valence-electron chi connectivity index (χ1n) is 10.3. The minimum atomic E-state index is -0.325. The Morgan fingerprint density at radius 1 is 1.09 bits per heavy atom. The Morgan fingerprint density at radius 2 is 1.88 bits per heavy atom. The summed E-state index contributed by atoms with van der Waals surface area (Å²) in [5, 5.41) is 11.5. The van der Waals surface area contributed by atoms with Crippen molar-refractivity contribution in [2.24, 2.45) is 5.92 Å². The second kappa shape index (κ2) is 9.60. The number of nitrogens with one attached hydrogen (secondary N) is 2. The van der Waals surface area contributed by atoms with E-state index in [4.69, 9.17) is 11.6 Å². The van der Waals surface area contributed by atoms with Crippen LogP contribution in [0.3, 0.4) is 0 Å². The lowest BCUT2D eigenvalue weighted by Gasteiger charge is -2.11. The Hall–Kier alpha value is -3.42. The summed E-state index contributed by atoms with van der Waals surface area (Å²) in [5.74, 6) is -0.128. The molecule has 2 N–H and O–H groups in total. The number of fused-ring (bicyclic) bond motifs is 1. The van der Waals surface area contributed by atoms with Gasteiger partial charge >= 0.3 is 0 Å². The average Bonchev–Trinajstić information content (AvgIpc) is 3.58. The first-order chi connectivity index (χ1) is 15.6. The maximum atomic E-state index is 13.0. The molecule has 0 unspecified atom stereocenters. The highest BCUT2D eigenvalue weighted by molar-refractivity contribution is 6.34. The summed E-state index contributed by atoms with van der Waals surface area (Å²) >= 11 is 6.31. The molecular formula is C24H21Cl2N5O2. The van der Waals surface area contributed by atoms with Crippen LogP contribution in [0.15, 0.2) is 67.1 Å². The predicted octanol–water partition coefficient (Wildman–Crippen LogP) is 4.77. The summed E-state index contributed by atoms with van der Waals surface area (Å²) in [5.41, 5.74) is 3.54. The van der Waals surface area contributed by atoms with E-state index in [0.717, 1.165) is 35.0 Å². The lowest BCUT2D eigenvalue weighted by atomic mass is 10.1. The standard InChI is InChI=1S/C24H20ClN5O2.ClH/c25-20-7-4-15(13-27-23(31)16-5-6-16)12-18(20)24(32)29-21-2-1-3-22-19(21)14-28-30(22)17-8-10-26-11-9-17;/h1-4,7-12,14,16H,5-6,13H2,(H,27,31)(H,29,32);1H. The molecule has 0 bridgehead atoms. The molecule has 33 heavy (non-hydrogen) atoms. The zero-order valence-electron chi connectivity index (χ0n) is 17.5. The van der Waals surface area contributed by atoms with Crippen LogP contribution in [0.1, 0.15) is 28.8 Å². The van der Waals surface area contributed by atoms with Crippen molar-refractivity contribution < 1.29 is 9.59 Å². The van der Waals surface area contributed by atoms with E-state index in [1.165, 1.54) is 0 Å². The molecule has 0 radical (unpaired) electrons. The van der Waals surface area contributed by atoms with Crippen molar-refractivity contribution in [3.63, 3.8) is 0 Å². The number of hydrogen-bond acceptors (Lipinski definition) is 4. The average molecular weight is 482 g/mol. The van der Waals surface area contributed by atoms with Crippen molar-refractivity contribution in [3.8, 4) is 5.69 Å². The quantitative estimate of drug-likeness (QED) is 0.414. The van der Waals surface area contributed by atoms with Crippen molar-refractivity contribution in [1.82, 2.24) is 20.1 Å². The fourth-order valence-corrected chi connectivity index (χ4v) is 3.78. The van der Waals surface area contributed by atoms with Crippen LogP contribution in [0.4, 0.5) is 5.69 Å². The first kappa shape index (κ1) is 22.8. The fraction of sp³-hybridized carbons (Fsp3) is 0.167. The molecular weight excluding hydrogens is 461 g/mol. The van der Waals surface area contributed by atoms with Crippen LogP contribution in [0.2, 0.25) is 5.02 Å². The Bertz CT molecular complexity index is 1320. The SMILES string of the molecule is Cl.O=C(Nc1cccc2c1cnn2-c1ccncc1)c1cc(CNC(=O)C2CC2)ccc1Cl. The summed E-state index contributed by atoms with van der Waals surface area (Å²) < 4.78 is 1.79. The number of rotatable bonds is 6. The number of amides is 2. The van der Waals surface area contributed by atoms with Gasteiger partial charge in [0, 0.05) is 30.2 Å². The summed E-state index contributed by atoms with van der Waals surface area (Å²) in [4.78, 5) is 29.0. The van der Waals surface area contributed by atoms with Gasteiger partial charge in [0.1, 0.15) is 0 Å². The number of benzene rings is 2.